The first-order chi connectivity index (χ1) is 15.3. The molecule has 0 unspecified atom stereocenters. The van der Waals surface area contributed by atoms with Gasteiger partial charge in [-0.1, -0.05) is 42.5 Å². The Labute approximate surface area is 187 Å². The standard InChI is InChI=1S/C24H26FN3O3S/c1-26(17-19-9-10-20-5-2-3-6-21(20)15-19)18-24(29)27-11-13-28(14-12-27)32(30,31)23-8-4-7-22(25)16-23/h2-10,15-16H,11-14,17-18H2,1H3. The second-order valence-electron chi connectivity index (χ2n) is 8.10. The zero-order valence-corrected chi connectivity index (χ0v) is 18.8. The Kier molecular flexibility index (Phi) is 6.55. The summed E-state index contributed by atoms with van der Waals surface area (Å²) in [6.07, 6.45) is 0. The van der Waals surface area contributed by atoms with Crippen LogP contribution in [0.4, 0.5) is 4.39 Å². The topological polar surface area (TPSA) is 60.9 Å². The van der Waals surface area contributed by atoms with Crippen molar-refractivity contribution in [3.8, 4) is 0 Å². The fourth-order valence-electron chi connectivity index (χ4n) is 3.99. The maximum atomic E-state index is 13.4. The van der Waals surface area contributed by atoms with Crippen molar-refractivity contribution in [3.05, 3.63) is 78.1 Å². The molecule has 3 aromatic rings. The first-order valence-corrected chi connectivity index (χ1v) is 12.0. The molecule has 1 saturated heterocycles. The lowest BCUT2D eigenvalue weighted by atomic mass is 10.1. The number of hydrogen-bond donors (Lipinski definition) is 0. The number of piperazine rings is 1. The summed E-state index contributed by atoms with van der Waals surface area (Å²) in [7, 11) is -1.87. The molecule has 0 bridgehead atoms. The molecule has 1 fully saturated rings. The van der Waals surface area contributed by atoms with Gasteiger partial charge in [-0.3, -0.25) is 9.69 Å². The summed E-state index contributed by atoms with van der Waals surface area (Å²) in [4.78, 5) is 16.3. The largest absolute Gasteiger partial charge is 0.339 e. The average Bonchev–Trinajstić information content (AvgIpc) is 2.79. The quantitative estimate of drug-likeness (QED) is 0.574. The van der Waals surface area contributed by atoms with E-state index in [0.29, 0.717) is 19.6 Å². The number of benzene rings is 3. The maximum absolute atomic E-state index is 13.4. The van der Waals surface area contributed by atoms with E-state index in [4.69, 9.17) is 0 Å². The number of halogens is 1. The Balaban J connectivity index is 1.32. The summed E-state index contributed by atoms with van der Waals surface area (Å²) >= 11 is 0. The predicted molar refractivity (Wildman–Crippen MR) is 122 cm³/mol. The summed E-state index contributed by atoms with van der Waals surface area (Å²) < 4.78 is 40.2. The third-order valence-corrected chi connectivity index (χ3v) is 7.59. The average molecular weight is 456 g/mol. The van der Waals surface area contributed by atoms with Gasteiger partial charge < -0.3 is 4.90 Å². The van der Waals surface area contributed by atoms with E-state index in [1.165, 1.54) is 33.3 Å². The SMILES string of the molecule is CN(CC(=O)N1CCN(S(=O)(=O)c2cccc(F)c2)CC1)Cc1ccc2ccccc2c1. The van der Waals surface area contributed by atoms with Crippen molar-refractivity contribution >= 4 is 26.7 Å². The van der Waals surface area contributed by atoms with Gasteiger partial charge in [-0.25, -0.2) is 12.8 Å². The molecular weight excluding hydrogens is 429 g/mol. The van der Waals surface area contributed by atoms with Crippen molar-refractivity contribution in [3.63, 3.8) is 0 Å². The Hall–Kier alpha value is -2.81. The van der Waals surface area contributed by atoms with Crippen molar-refractivity contribution in [2.45, 2.75) is 11.4 Å². The third kappa shape index (κ3) is 4.98. The van der Waals surface area contributed by atoms with E-state index >= 15 is 0 Å². The first-order valence-electron chi connectivity index (χ1n) is 10.5. The summed E-state index contributed by atoms with van der Waals surface area (Å²) in [5.74, 6) is -0.620. The molecule has 168 valence electrons. The molecular formula is C24H26FN3O3S. The van der Waals surface area contributed by atoms with Crippen LogP contribution in [-0.4, -0.2) is 68.2 Å². The van der Waals surface area contributed by atoms with E-state index in [2.05, 4.69) is 30.3 Å². The number of carbonyl (C=O) groups is 1. The van der Waals surface area contributed by atoms with Gasteiger partial charge in [0.2, 0.25) is 15.9 Å². The molecule has 8 heteroatoms. The lowest BCUT2D eigenvalue weighted by Gasteiger charge is -2.34. The monoisotopic (exact) mass is 455 g/mol. The summed E-state index contributed by atoms with van der Waals surface area (Å²) in [6.45, 7) is 1.92. The molecule has 0 spiro atoms. The number of sulfonamides is 1. The second kappa shape index (κ2) is 9.36. The Morgan fingerprint density at radius 2 is 1.66 bits per heavy atom. The molecule has 32 heavy (non-hydrogen) atoms. The van der Waals surface area contributed by atoms with Crippen molar-refractivity contribution < 1.29 is 17.6 Å². The highest BCUT2D eigenvalue weighted by Crippen LogP contribution is 2.19. The number of carbonyl (C=O) groups excluding carboxylic acids is 1. The van der Waals surface area contributed by atoms with Crippen LogP contribution >= 0.6 is 0 Å². The van der Waals surface area contributed by atoms with Crippen molar-refractivity contribution in [2.75, 3.05) is 39.8 Å². The number of hydrogen-bond acceptors (Lipinski definition) is 4. The lowest BCUT2D eigenvalue weighted by Crippen LogP contribution is -2.52. The smallest absolute Gasteiger partial charge is 0.243 e. The number of amides is 1. The van der Waals surface area contributed by atoms with Gasteiger partial charge >= 0.3 is 0 Å². The van der Waals surface area contributed by atoms with E-state index in [1.54, 1.807) is 4.90 Å². The lowest BCUT2D eigenvalue weighted by molar-refractivity contribution is -0.133. The van der Waals surface area contributed by atoms with Crippen LogP contribution in [0, 0.1) is 5.82 Å². The van der Waals surface area contributed by atoms with E-state index in [0.717, 1.165) is 11.6 Å². The maximum Gasteiger partial charge on any atom is 0.243 e. The third-order valence-electron chi connectivity index (χ3n) is 5.70. The van der Waals surface area contributed by atoms with Crippen LogP contribution in [-0.2, 0) is 21.4 Å². The molecule has 1 aliphatic rings. The molecule has 0 aromatic heterocycles. The van der Waals surface area contributed by atoms with Gasteiger partial charge in [-0.15, -0.1) is 0 Å². The molecule has 4 rings (SSSR count). The number of likely N-dealkylation sites (N-methyl/N-ethyl adjacent to an activating group) is 1. The summed E-state index contributed by atoms with van der Waals surface area (Å²) in [5.41, 5.74) is 1.13. The van der Waals surface area contributed by atoms with Gasteiger partial charge in [0.1, 0.15) is 5.82 Å². The van der Waals surface area contributed by atoms with Crippen molar-refractivity contribution in [1.29, 1.82) is 0 Å². The minimum atomic E-state index is -3.77. The van der Waals surface area contributed by atoms with E-state index in [1.807, 2.05) is 24.1 Å². The fraction of sp³-hybridized carbons (Fsp3) is 0.292. The molecule has 1 amide bonds. The molecule has 0 atom stereocenters. The Morgan fingerprint density at radius 3 is 2.38 bits per heavy atom. The van der Waals surface area contributed by atoms with Gasteiger partial charge in [0.25, 0.3) is 0 Å². The zero-order chi connectivity index (χ0) is 22.7. The Morgan fingerprint density at radius 1 is 0.938 bits per heavy atom. The van der Waals surface area contributed by atoms with Crippen LogP contribution in [0.25, 0.3) is 10.8 Å². The van der Waals surface area contributed by atoms with E-state index in [-0.39, 0.29) is 30.4 Å². The molecule has 1 heterocycles. The number of rotatable bonds is 6. The normalized spacial score (nSPS) is 15.4. The molecule has 0 saturated carbocycles. The highest BCUT2D eigenvalue weighted by molar-refractivity contribution is 7.89. The highest BCUT2D eigenvalue weighted by atomic mass is 32.2. The Bertz CT molecular complexity index is 1220. The van der Waals surface area contributed by atoms with Crippen LogP contribution in [0.1, 0.15) is 5.56 Å². The van der Waals surface area contributed by atoms with E-state index < -0.39 is 15.8 Å². The molecule has 0 aliphatic carbocycles. The highest BCUT2D eigenvalue weighted by Gasteiger charge is 2.30. The summed E-state index contributed by atoms with van der Waals surface area (Å²) in [5, 5.41) is 2.35. The second-order valence-corrected chi connectivity index (χ2v) is 10.0. The predicted octanol–water partition coefficient (Wildman–Crippen LogP) is 2.94. The van der Waals surface area contributed by atoms with Gasteiger partial charge in [-0.2, -0.15) is 4.31 Å². The molecule has 3 aromatic carbocycles. The molecule has 1 aliphatic heterocycles. The molecule has 0 radical (unpaired) electrons. The van der Waals surface area contributed by atoms with Crippen LogP contribution in [0.2, 0.25) is 0 Å². The fourth-order valence-corrected chi connectivity index (χ4v) is 5.44. The van der Waals surface area contributed by atoms with Crippen LogP contribution in [0.3, 0.4) is 0 Å². The number of fused-ring (bicyclic) bond motifs is 1. The van der Waals surface area contributed by atoms with Gasteiger partial charge in [0.15, 0.2) is 0 Å². The molecule has 0 N–H and O–H groups in total. The van der Waals surface area contributed by atoms with Gasteiger partial charge in [0, 0.05) is 32.7 Å². The molecule has 6 nitrogen and oxygen atoms in total. The van der Waals surface area contributed by atoms with E-state index in [9.17, 15) is 17.6 Å². The zero-order valence-electron chi connectivity index (χ0n) is 17.9. The number of nitrogens with zero attached hydrogens (tertiary/aromatic N) is 3. The van der Waals surface area contributed by atoms with Crippen molar-refractivity contribution in [2.24, 2.45) is 0 Å². The van der Waals surface area contributed by atoms with Crippen LogP contribution in [0.15, 0.2) is 71.6 Å². The summed E-state index contributed by atoms with van der Waals surface area (Å²) in [6, 6.07) is 19.4. The van der Waals surface area contributed by atoms with Gasteiger partial charge in [-0.05, 0) is 47.6 Å². The van der Waals surface area contributed by atoms with Gasteiger partial charge in [0.05, 0.1) is 11.4 Å². The first kappa shape index (κ1) is 22.4. The minimum absolute atomic E-state index is 0.0314. The van der Waals surface area contributed by atoms with Crippen molar-refractivity contribution in [1.82, 2.24) is 14.1 Å². The minimum Gasteiger partial charge on any atom is -0.339 e. The van der Waals surface area contributed by atoms with Crippen LogP contribution in [0.5, 0.6) is 0 Å². The van der Waals surface area contributed by atoms with Crippen LogP contribution < -0.4 is 0 Å².